The van der Waals surface area contributed by atoms with Crippen molar-refractivity contribution in [1.29, 1.82) is 0 Å². The van der Waals surface area contributed by atoms with Gasteiger partial charge in [-0.1, -0.05) is 5.92 Å². The second-order valence-electron chi connectivity index (χ2n) is 4.29. The first-order valence-electron chi connectivity index (χ1n) is 6.26. The highest BCUT2D eigenvalue weighted by molar-refractivity contribution is 5.52. The lowest BCUT2D eigenvalue weighted by molar-refractivity contribution is 0.626. The highest BCUT2D eigenvalue weighted by Gasteiger charge is 2.04. The Balaban J connectivity index is 1.90. The molecule has 0 radical (unpaired) electrons. The average molecular weight is 289 g/mol. The Morgan fingerprint density at radius 3 is 2.82 bits per heavy atom. The van der Waals surface area contributed by atoms with Gasteiger partial charge in [0.05, 0.1) is 30.2 Å². The number of halogens is 1. The lowest BCUT2D eigenvalue weighted by Crippen LogP contribution is -1.94. The highest BCUT2D eigenvalue weighted by Crippen LogP contribution is 2.19. The molecule has 0 unspecified atom stereocenters. The van der Waals surface area contributed by atoms with Gasteiger partial charge in [0.2, 0.25) is 0 Å². The minimum atomic E-state index is -0.480. The maximum absolute atomic E-state index is 13.4. The van der Waals surface area contributed by atoms with E-state index in [1.165, 1.54) is 16.8 Å². The van der Waals surface area contributed by atoms with Crippen LogP contribution in [0.25, 0.3) is 10.5 Å². The van der Waals surface area contributed by atoms with Crippen molar-refractivity contribution in [2.75, 3.05) is 0 Å². The van der Waals surface area contributed by atoms with Gasteiger partial charge in [0, 0.05) is 18.6 Å². The van der Waals surface area contributed by atoms with E-state index in [1.807, 2.05) is 0 Å². The van der Waals surface area contributed by atoms with Crippen molar-refractivity contribution in [2.24, 2.45) is 0 Å². The van der Waals surface area contributed by atoms with Crippen LogP contribution >= 0.6 is 0 Å². The van der Waals surface area contributed by atoms with E-state index in [9.17, 15) is 4.39 Å². The summed E-state index contributed by atoms with van der Waals surface area (Å²) in [5.74, 6) is 5.28. The molecule has 0 aliphatic rings. The van der Waals surface area contributed by atoms with Gasteiger partial charge in [-0.2, -0.15) is 5.10 Å². The number of hydrogen-bond acceptors (Lipinski definition) is 3. The molecule has 0 aliphatic heterocycles. The summed E-state index contributed by atoms with van der Waals surface area (Å²) in [7, 11) is 0. The molecule has 3 aromatic rings. The molecule has 0 bridgehead atoms. The molecule has 5 nitrogen and oxygen atoms in total. The van der Waals surface area contributed by atoms with Crippen LogP contribution in [0.4, 0.5) is 10.1 Å². The molecule has 0 amide bonds. The first kappa shape index (κ1) is 13.5. The summed E-state index contributed by atoms with van der Waals surface area (Å²) in [5.41, 5.74) is 1.90. The maximum Gasteiger partial charge on any atom is 0.192 e. The zero-order chi connectivity index (χ0) is 15.4. The molecule has 22 heavy (non-hydrogen) atoms. The van der Waals surface area contributed by atoms with Crippen molar-refractivity contribution in [1.82, 2.24) is 19.7 Å². The molecule has 2 aromatic heterocycles. The van der Waals surface area contributed by atoms with Crippen LogP contribution in [-0.4, -0.2) is 19.7 Å². The smallest absolute Gasteiger partial charge is 0.192 e. The zero-order valence-electron chi connectivity index (χ0n) is 11.2. The topological polar surface area (TPSA) is 48.0 Å². The van der Waals surface area contributed by atoms with Gasteiger partial charge in [-0.3, -0.25) is 4.98 Å². The monoisotopic (exact) mass is 289 g/mol. The molecular weight excluding hydrogens is 281 g/mol. The van der Waals surface area contributed by atoms with Gasteiger partial charge in [0.25, 0.3) is 0 Å². The van der Waals surface area contributed by atoms with Crippen LogP contribution in [0.2, 0.25) is 0 Å². The Hall–Kier alpha value is -3.51. The normalized spacial score (nSPS) is 9.64. The number of nitrogens with zero attached hydrogens (tertiary/aromatic N) is 5. The third-order valence-electron chi connectivity index (χ3n) is 2.74. The predicted molar refractivity (Wildman–Crippen MR) is 77.8 cm³/mol. The van der Waals surface area contributed by atoms with Crippen LogP contribution in [0.3, 0.4) is 0 Å². The van der Waals surface area contributed by atoms with E-state index in [-0.39, 0.29) is 5.69 Å². The fourth-order valence-electron chi connectivity index (χ4n) is 1.78. The van der Waals surface area contributed by atoms with Crippen molar-refractivity contribution in [3.05, 3.63) is 77.7 Å². The maximum atomic E-state index is 13.4. The molecule has 1 aromatic carbocycles. The highest BCUT2D eigenvalue weighted by atomic mass is 19.1. The molecule has 3 rings (SSSR count). The van der Waals surface area contributed by atoms with Gasteiger partial charge in [-0.05, 0) is 24.1 Å². The second kappa shape index (κ2) is 5.86. The van der Waals surface area contributed by atoms with E-state index < -0.39 is 5.82 Å². The third-order valence-corrected chi connectivity index (χ3v) is 2.74. The SMILES string of the molecule is [C-]#[N+]c1cc(F)cc(-n2cc(C#Cc3cnccn3)cn2)c1. The fraction of sp³-hybridized carbons (Fsp3) is 0. The van der Waals surface area contributed by atoms with Crippen LogP contribution in [0, 0.1) is 24.2 Å². The van der Waals surface area contributed by atoms with Crippen molar-refractivity contribution in [3.63, 3.8) is 0 Å². The molecule has 2 heterocycles. The van der Waals surface area contributed by atoms with E-state index in [4.69, 9.17) is 6.57 Å². The first-order valence-corrected chi connectivity index (χ1v) is 6.26. The number of aromatic nitrogens is 4. The second-order valence-corrected chi connectivity index (χ2v) is 4.29. The molecule has 104 valence electrons. The van der Waals surface area contributed by atoms with E-state index >= 15 is 0 Å². The molecule has 0 atom stereocenters. The quantitative estimate of drug-likeness (QED) is 0.511. The van der Waals surface area contributed by atoms with Crippen molar-refractivity contribution < 1.29 is 4.39 Å². The fourth-order valence-corrected chi connectivity index (χ4v) is 1.78. The molecular formula is C16H8FN5. The lowest BCUT2D eigenvalue weighted by Gasteiger charge is -2.01. The zero-order valence-corrected chi connectivity index (χ0v) is 11.2. The molecule has 0 spiro atoms. The van der Waals surface area contributed by atoms with Crippen molar-refractivity contribution >= 4 is 5.69 Å². The molecule has 0 N–H and O–H groups in total. The Labute approximate surface area is 125 Å². The molecule has 0 saturated heterocycles. The van der Waals surface area contributed by atoms with Crippen molar-refractivity contribution in [2.45, 2.75) is 0 Å². The minimum Gasteiger partial charge on any atom is -0.260 e. The molecule has 0 saturated carbocycles. The lowest BCUT2D eigenvalue weighted by atomic mass is 10.2. The summed E-state index contributed by atoms with van der Waals surface area (Å²) in [5, 5.41) is 4.12. The van der Waals surface area contributed by atoms with Crippen LogP contribution in [0.15, 0.2) is 49.2 Å². The van der Waals surface area contributed by atoms with Gasteiger partial charge >= 0.3 is 0 Å². The summed E-state index contributed by atoms with van der Waals surface area (Å²) >= 11 is 0. The first-order chi connectivity index (χ1) is 10.7. The predicted octanol–water partition coefficient (Wildman–Crippen LogP) is 2.75. The number of rotatable bonds is 1. The van der Waals surface area contributed by atoms with Gasteiger partial charge in [0.1, 0.15) is 11.5 Å². The third kappa shape index (κ3) is 2.97. The summed E-state index contributed by atoms with van der Waals surface area (Å²) in [6, 6.07) is 4.04. The molecule has 0 fully saturated rings. The Kier molecular flexibility index (Phi) is 3.59. The number of benzene rings is 1. The molecule has 6 heteroatoms. The average Bonchev–Trinajstić information content (AvgIpc) is 3.02. The van der Waals surface area contributed by atoms with Gasteiger partial charge < -0.3 is 0 Å². The summed E-state index contributed by atoms with van der Waals surface area (Å²) in [6.07, 6.45) is 7.91. The largest absolute Gasteiger partial charge is 0.260 e. The van der Waals surface area contributed by atoms with Gasteiger partial charge in [-0.25, -0.2) is 18.9 Å². The number of hydrogen-bond donors (Lipinski definition) is 0. The summed E-state index contributed by atoms with van der Waals surface area (Å²) < 4.78 is 14.9. The van der Waals surface area contributed by atoms with E-state index in [2.05, 4.69) is 31.8 Å². The van der Waals surface area contributed by atoms with E-state index in [1.54, 1.807) is 37.1 Å². The van der Waals surface area contributed by atoms with Crippen LogP contribution < -0.4 is 0 Å². The van der Waals surface area contributed by atoms with Crippen LogP contribution in [-0.2, 0) is 0 Å². The van der Waals surface area contributed by atoms with E-state index in [0.717, 1.165) is 0 Å². The van der Waals surface area contributed by atoms with Crippen molar-refractivity contribution in [3.8, 4) is 17.5 Å². The minimum absolute atomic E-state index is 0.220. The summed E-state index contributed by atoms with van der Waals surface area (Å²) in [6.45, 7) is 6.96. The van der Waals surface area contributed by atoms with Gasteiger partial charge in [-0.15, -0.1) is 0 Å². The van der Waals surface area contributed by atoms with Crippen LogP contribution in [0.5, 0.6) is 0 Å². The Morgan fingerprint density at radius 1 is 1.14 bits per heavy atom. The standard InChI is InChI=1S/C16H8FN5/c1-18-15-6-13(17)7-16(8-15)22-11-12(9-21-22)2-3-14-10-19-4-5-20-14/h4-11H. The Morgan fingerprint density at radius 2 is 2.05 bits per heavy atom. The Bertz CT molecular complexity index is 913. The van der Waals surface area contributed by atoms with E-state index in [0.29, 0.717) is 16.9 Å². The van der Waals surface area contributed by atoms with Crippen LogP contribution in [0.1, 0.15) is 11.3 Å². The van der Waals surface area contributed by atoms with Gasteiger partial charge in [0.15, 0.2) is 5.69 Å². The molecule has 0 aliphatic carbocycles. The summed E-state index contributed by atoms with van der Waals surface area (Å²) in [4.78, 5) is 11.2.